The van der Waals surface area contributed by atoms with Crippen LogP contribution in [0.4, 0.5) is 0 Å². The largest absolute Gasteiger partial charge is 0.329 e. The first-order chi connectivity index (χ1) is 14.6. The normalized spacial score (nSPS) is 35.3. The van der Waals surface area contributed by atoms with E-state index in [1.165, 1.54) is 30.0 Å². The summed E-state index contributed by atoms with van der Waals surface area (Å²) in [4.78, 5) is 2.35. The second kappa shape index (κ2) is 10.7. The lowest BCUT2D eigenvalue weighted by Crippen LogP contribution is -2.64. The summed E-state index contributed by atoms with van der Waals surface area (Å²) < 4.78 is 29.6. The average Bonchev–Trinajstić information content (AvgIpc) is 3.12. The second-order valence-corrected chi connectivity index (χ2v) is 12.3. The van der Waals surface area contributed by atoms with Gasteiger partial charge in [0.15, 0.2) is 0 Å². The Balaban J connectivity index is 1.73. The SMILES string of the molecule is CC(C)N1NCC2C(NS(=O)(=O)N(C)C)CC(C3CCCC(CN(C)CCN)C3)NC21. The summed E-state index contributed by atoms with van der Waals surface area (Å²) in [7, 11) is 1.88. The fourth-order valence-electron chi connectivity index (χ4n) is 5.81. The van der Waals surface area contributed by atoms with Crippen LogP contribution in [0.3, 0.4) is 0 Å². The highest BCUT2D eigenvalue weighted by Crippen LogP contribution is 2.37. The van der Waals surface area contributed by atoms with E-state index in [-0.39, 0.29) is 18.1 Å². The van der Waals surface area contributed by atoms with Crippen molar-refractivity contribution in [2.75, 3.05) is 47.3 Å². The molecule has 6 unspecified atom stereocenters. The molecule has 1 aliphatic carbocycles. The van der Waals surface area contributed by atoms with Gasteiger partial charge >= 0.3 is 0 Å². The Hall–Kier alpha value is -0.330. The molecule has 0 aromatic carbocycles. The van der Waals surface area contributed by atoms with Crippen molar-refractivity contribution in [3.05, 3.63) is 0 Å². The highest BCUT2D eigenvalue weighted by Gasteiger charge is 2.48. The average molecular weight is 460 g/mol. The highest BCUT2D eigenvalue weighted by atomic mass is 32.2. The molecule has 6 atom stereocenters. The van der Waals surface area contributed by atoms with E-state index < -0.39 is 10.2 Å². The number of piperidine rings is 1. The van der Waals surface area contributed by atoms with Crippen LogP contribution in [0.1, 0.15) is 46.0 Å². The van der Waals surface area contributed by atoms with Gasteiger partial charge in [-0.3, -0.25) is 10.7 Å². The van der Waals surface area contributed by atoms with E-state index in [4.69, 9.17) is 5.73 Å². The number of likely N-dealkylation sites (N-methyl/N-ethyl adjacent to an activating group) is 1. The van der Waals surface area contributed by atoms with Crippen LogP contribution in [-0.2, 0) is 10.2 Å². The molecular formula is C21H45N7O2S. The molecule has 9 nitrogen and oxygen atoms in total. The molecular weight excluding hydrogens is 414 g/mol. The number of hydrogen-bond donors (Lipinski definition) is 4. The van der Waals surface area contributed by atoms with Crippen molar-refractivity contribution < 1.29 is 8.42 Å². The molecule has 1 saturated carbocycles. The number of hydrazine groups is 1. The first-order valence-electron chi connectivity index (χ1n) is 12.0. The molecule has 3 rings (SSSR count). The molecule has 31 heavy (non-hydrogen) atoms. The topological polar surface area (TPSA) is 106 Å². The Morgan fingerprint density at radius 2 is 1.94 bits per heavy atom. The van der Waals surface area contributed by atoms with E-state index in [1.54, 1.807) is 14.1 Å². The number of nitrogens with two attached hydrogens (primary N) is 1. The van der Waals surface area contributed by atoms with Crippen molar-refractivity contribution in [3.63, 3.8) is 0 Å². The van der Waals surface area contributed by atoms with Crippen molar-refractivity contribution in [1.82, 2.24) is 29.7 Å². The predicted octanol–water partition coefficient (Wildman–Crippen LogP) is -0.0193. The lowest BCUT2D eigenvalue weighted by molar-refractivity contribution is 0.0426. The molecule has 0 bridgehead atoms. The monoisotopic (exact) mass is 459 g/mol. The van der Waals surface area contributed by atoms with Crippen LogP contribution >= 0.6 is 0 Å². The summed E-state index contributed by atoms with van der Waals surface area (Å²) in [5.41, 5.74) is 9.25. The smallest absolute Gasteiger partial charge is 0.279 e. The second-order valence-electron chi connectivity index (χ2n) is 10.3. The Labute approximate surface area is 189 Å². The third kappa shape index (κ3) is 6.17. The van der Waals surface area contributed by atoms with E-state index in [9.17, 15) is 8.42 Å². The number of rotatable bonds is 9. The van der Waals surface area contributed by atoms with Crippen LogP contribution in [0, 0.1) is 17.8 Å². The van der Waals surface area contributed by atoms with Crippen LogP contribution in [0.15, 0.2) is 0 Å². The zero-order valence-electron chi connectivity index (χ0n) is 20.0. The van der Waals surface area contributed by atoms with Gasteiger partial charge in [0.1, 0.15) is 0 Å². The maximum absolute atomic E-state index is 12.7. The molecule has 0 spiro atoms. The van der Waals surface area contributed by atoms with Gasteiger partial charge in [-0.05, 0) is 58.4 Å². The number of fused-ring (bicyclic) bond motifs is 1. The van der Waals surface area contributed by atoms with E-state index >= 15 is 0 Å². The summed E-state index contributed by atoms with van der Waals surface area (Å²) in [6.07, 6.45) is 5.94. The van der Waals surface area contributed by atoms with Crippen LogP contribution in [0.25, 0.3) is 0 Å². The fourth-order valence-corrected chi connectivity index (χ4v) is 6.67. The minimum absolute atomic E-state index is 0.0693. The van der Waals surface area contributed by atoms with Crippen LogP contribution in [-0.4, -0.2) is 94.2 Å². The molecule has 5 N–H and O–H groups in total. The molecule has 182 valence electrons. The fraction of sp³-hybridized carbons (Fsp3) is 1.00. The lowest BCUT2D eigenvalue weighted by atomic mass is 9.73. The first kappa shape index (κ1) is 25.3. The van der Waals surface area contributed by atoms with Gasteiger partial charge in [-0.25, -0.2) is 5.01 Å². The van der Waals surface area contributed by atoms with Crippen LogP contribution in [0.2, 0.25) is 0 Å². The maximum Gasteiger partial charge on any atom is 0.279 e. The Morgan fingerprint density at radius 3 is 2.58 bits per heavy atom. The zero-order valence-corrected chi connectivity index (χ0v) is 20.9. The highest BCUT2D eigenvalue weighted by molar-refractivity contribution is 7.87. The van der Waals surface area contributed by atoms with E-state index in [1.807, 2.05) is 0 Å². The number of nitrogens with zero attached hydrogens (tertiary/aromatic N) is 3. The molecule has 0 amide bonds. The number of nitrogens with one attached hydrogen (secondary N) is 3. The molecule has 10 heteroatoms. The molecule has 0 aromatic heterocycles. The van der Waals surface area contributed by atoms with Crippen molar-refractivity contribution >= 4 is 10.2 Å². The van der Waals surface area contributed by atoms with Gasteiger partial charge in [-0.1, -0.05) is 6.42 Å². The van der Waals surface area contributed by atoms with Gasteiger partial charge in [0.05, 0.1) is 6.17 Å². The van der Waals surface area contributed by atoms with Crippen molar-refractivity contribution in [2.24, 2.45) is 23.5 Å². The summed E-state index contributed by atoms with van der Waals surface area (Å²) >= 11 is 0. The van der Waals surface area contributed by atoms with Gasteiger partial charge in [0, 0.05) is 64.3 Å². The summed E-state index contributed by atoms with van der Waals surface area (Å²) in [6.45, 7) is 7.90. The first-order valence-corrected chi connectivity index (χ1v) is 13.4. The van der Waals surface area contributed by atoms with E-state index in [2.05, 4.69) is 46.3 Å². The Morgan fingerprint density at radius 1 is 1.19 bits per heavy atom. The third-order valence-electron chi connectivity index (χ3n) is 7.43. The van der Waals surface area contributed by atoms with E-state index in [0.29, 0.717) is 30.5 Å². The standard InChI is InChI=1S/C21H45N7O2S/c1-15(2)28-21-18(13-23-28)20(25-31(29,30)26(3)4)12-19(24-21)17-8-6-7-16(11-17)14-27(5)10-9-22/h15-21,23-25H,6-14,22H2,1-5H3. The van der Waals surface area contributed by atoms with Gasteiger partial charge in [-0.2, -0.15) is 17.4 Å². The summed E-state index contributed by atoms with van der Waals surface area (Å²) in [6, 6.07) is 0.594. The van der Waals surface area contributed by atoms with Crippen LogP contribution in [0.5, 0.6) is 0 Å². The van der Waals surface area contributed by atoms with Crippen molar-refractivity contribution in [2.45, 2.75) is 70.2 Å². The van der Waals surface area contributed by atoms with Crippen molar-refractivity contribution in [3.8, 4) is 0 Å². The number of hydrogen-bond acceptors (Lipinski definition) is 7. The van der Waals surface area contributed by atoms with Gasteiger partial charge < -0.3 is 10.6 Å². The zero-order chi connectivity index (χ0) is 22.8. The summed E-state index contributed by atoms with van der Waals surface area (Å²) in [5.74, 6) is 1.48. The molecule has 2 heterocycles. The van der Waals surface area contributed by atoms with Gasteiger partial charge in [0.2, 0.25) is 0 Å². The molecule has 0 aromatic rings. The predicted molar refractivity (Wildman–Crippen MR) is 125 cm³/mol. The van der Waals surface area contributed by atoms with E-state index in [0.717, 1.165) is 26.1 Å². The minimum atomic E-state index is -3.47. The molecule has 3 aliphatic rings. The third-order valence-corrected chi connectivity index (χ3v) is 9.00. The Bertz CT molecular complexity index is 675. The maximum atomic E-state index is 12.7. The molecule has 2 aliphatic heterocycles. The Kier molecular flexibility index (Phi) is 8.76. The van der Waals surface area contributed by atoms with Crippen molar-refractivity contribution in [1.29, 1.82) is 0 Å². The quantitative estimate of drug-likeness (QED) is 0.384. The molecule has 2 saturated heterocycles. The summed E-state index contributed by atoms with van der Waals surface area (Å²) in [5, 5.41) is 6.22. The molecule has 0 radical (unpaired) electrons. The minimum Gasteiger partial charge on any atom is -0.329 e. The van der Waals surface area contributed by atoms with Gasteiger partial charge in [-0.15, -0.1) is 0 Å². The lowest BCUT2D eigenvalue weighted by Gasteiger charge is -2.46. The van der Waals surface area contributed by atoms with Crippen LogP contribution < -0.4 is 21.2 Å². The van der Waals surface area contributed by atoms with Gasteiger partial charge in [0.25, 0.3) is 10.2 Å². The molecule has 3 fully saturated rings.